The van der Waals surface area contributed by atoms with Crippen LogP contribution in [0.15, 0.2) is 12.4 Å². The van der Waals surface area contributed by atoms with Gasteiger partial charge in [-0.2, -0.15) is 16.9 Å². The predicted octanol–water partition coefficient (Wildman–Crippen LogP) is 0.854. The molecule has 2 unspecified atom stereocenters. The molecule has 0 amide bonds. The van der Waals surface area contributed by atoms with Crippen molar-refractivity contribution in [2.45, 2.75) is 32.0 Å². The van der Waals surface area contributed by atoms with Crippen molar-refractivity contribution < 1.29 is 5.11 Å². The molecule has 1 aromatic heterocycles. The lowest BCUT2D eigenvalue weighted by atomic mass is 10.0. The van der Waals surface area contributed by atoms with Gasteiger partial charge in [-0.15, -0.1) is 0 Å². The molecule has 0 radical (unpaired) electrons. The Morgan fingerprint density at radius 3 is 3.12 bits per heavy atom. The van der Waals surface area contributed by atoms with Crippen LogP contribution in [0.3, 0.4) is 0 Å². The maximum Gasteiger partial charge on any atom is 0.0744 e. The third-order valence-electron chi connectivity index (χ3n) is 3.34. The maximum atomic E-state index is 10.3. The minimum Gasteiger partial charge on any atom is -0.391 e. The van der Waals surface area contributed by atoms with E-state index in [0.29, 0.717) is 6.42 Å². The van der Waals surface area contributed by atoms with Crippen LogP contribution in [0.25, 0.3) is 0 Å². The van der Waals surface area contributed by atoms with Crippen molar-refractivity contribution in [1.82, 2.24) is 14.7 Å². The van der Waals surface area contributed by atoms with Crippen molar-refractivity contribution in [1.29, 1.82) is 0 Å². The molecule has 1 aliphatic heterocycles. The third kappa shape index (κ3) is 3.24. The summed E-state index contributed by atoms with van der Waals surface area (Å²) in [5.41, 5.74) is 1.13. The van der Waals surface area contributed by atoms with E-state index in [1.165, 1.54) is 5.75 Å². The molecule has 0 aliphatic carbocycles. The molecule has 1 saturated heterocycles. The number of aryl methyl sites for hydroxylation is 1. The van der Waals surface area contributed by atoms with Crippen molar-refractivity contribution in [2.24, 2.45) is 0 Å². The molecule has 2 atom stereocenters. The second-order valence-electron chi connectivity index (χ2n) is 4.60. The summed E-state index contributed by atoms with van der Waals surface area (Å²) in [6.45, 7) is 4.02. The fraction of sp³-hybridized carbons (Fsp3) is 0.750. The molecular formula is C12H21N3OS. The highest BCUT2D eigenvalue weighted by Gasteiger charge is 2.26. The van der Waals surface area contributed by atoms with Gasteiger partial charge in [0.1, 0.15) is 0 Å². The van der Waals surface area contributed by atoms with Crippen LogP contribution < -0.4 is 0 Å². The van der Waals surface area contributed by atoms with Gasteiger partial charge in [0.05, 0.1) is 12.3 Å². The van der Waals surface area contributed by atoms with Gasteiger partial charge < -0.3 is 5.11 Å². The second kappa shape index (κ2) is 5.89. The number of rotatable bonds is 4. The van der Waals surface area contributed by atoms with E-state index in [0.717, 1.165) is 24.4 Å². The summed E-state index contributed by atoms with van der Waals surface area (Å²) >= 11 is 1.93. The molecule has 1 fully saturated rings. The summed E-state index contributed by atoms with van der Waals surface area (Å²) in [6.07, 6.45) is 4.31. The van der Waals surface area contributed by atoms with Crippen LogP contribution in [-0.4, -0.2) is 57.0 Å². The van der Waals surface area contributed by atoms with Crippen molar-refractivity contribution in [3.05, 3.63) is 18.0 Å². The van der Waals surface area contributed by atoms with Gasteiger partial charge in [0, 0.05) is 43.3 Å². The highest BCUT2D eigenvalue weighted by atomic mass is 32.2. The van der Waals surface area contributed by atoms with Crippen molar-refractivity contribution >= 4 is 11.8 Å². The van der Waals surface area contributed by atoms with Gasteiger partial charge in [-0.1, -0.05) is 0 Å². The van der Waals surface area contributed by atoms with Crippen LogP contribution in [-0.2, 0) is 13.0 Å². The Labute approximate surface area is 107 Å². The summed E-state index contributed by atoms with van der Waals surface area (Å²) in [4.78, 5) is 2.27. The average Bonchev–Trinajstić information content (AvgIpc) is 2.77. The normalized spacial score (nSPS) is 23.8. The Balaban J connectivity index is 1.93. The van der Waals surface area contributed by atoms with Gasteiger partial charge >= 0.3 is 0 Å². The Morgan fingerprint density at radius 2 is 2.47 bits per heavy atom. The smallest absolute Gasteiger partial charge is 0.0744 e. The molecule has 17 heavy (non-hydrogen) atoms. The first-order valence-electron chi connectivity index (χ1n) is 6.18. The van der Waals surface area contributed by atoms with Crippen molar-refractivity contribution in [3.63, 3.8) is 0 Å². The zero-order chi connectivity index (χ0) is 12.3. The SMILES string of the molecule is CCn1cc(CC(O)C2CSCCN2C)cn1. The third-order valence-corrected chi connectivity index (χ3v) is 4.39. The summed E-state index contributed by atoms with van der Waals surface area (Å²) in [7, 11) is 2.10. The monoisotopic (exact) mass is 255 g/mol. The van der Waals surface area contributed by atoms with E-state index in [2.05, 4.69) is 24.0 Å². The van der Waals surface area contributed by atoms with Gasteiger partial charge in [-0.05, 0) is 19.5 Å². The number of hydrogen-bond donors (Lipinski definition) is 1. The Hall–Kier alpha value is -0.520. The largest absolute Gasteiger partial charge is 0.391 e. The molecule has 0 spiro atoms. The predicted molar refractivity (Wildman–Crippen MR) is 71.4 cm³/mol. The van der Waals surface area contributed by atoms with E-state index in [4.69, 9.17) is 0 Å². The van der Waals surface area contributed by atoms with Gasteiger partial charge in [-0.3, -0.25) is 9.58 Å². The Bertz CT molecular complexity index is 355. The van der Waals surface area contributed by atoms with E-state index < -0.39 is 0 Å². The lowest BCUT2D eigenvalue weighted by Gasteiger charge is -2.35. The van der Waals surface area contributed by atoms with Gasteiger partial charge in [-0.25, -0.2) is 0 Å². The lowest BCUT2D eigenvalue weighted by molar-refractivity contribution is 0.0763. The van der Waals surface area contributed by atoms with E-state index in [1.54, 1.807) is 0 Å². The number of hydrogen-bond acceptors (Lipinski definition) is 4. The number of aliphatic hydroxyl groups excluding tert-OH is 1. The van der Waals surface area contributed by atoms with Gasteiger partial charge in [0.25, 0.3) is 0 Å². The second-order valence-corrected chi connectivity index (χ2v) is 5.75. The van der Waals surface area contributed by atoms with Crippen LogP contribution >= 0.6 is 11.8 Å². The highest BCUT2D eigenvalue weighted by Crippen LogP contribution is 2.19. The molecular weight excluding hydrogens is 234 g/mol. The van der Waals surface area contributed by atoms with E-state index in [-0.39, 0.29) is 12.1 Å². The standard InChI is InChI=1S/C12H21N3OS/c1-3-15-8-10(7-13-15)6-12(16)11-9-17-5-4-14(11)2/h7-8,11-12,16H,3-6,9H2,1-2H3. The molecule has 1 N–H and O–H groups in total. The van der Waals surface area contributed by atoms with E-state index in [1.807, 2.05) is 28.8 Å². The van der Waals surface area contributed by atoms with Gasteiger partial charge in [0.15, 0.2) is 0 Å². The zero-order valence-electron chi connectivity index (χ0n) is 10.5. The minimum absolute atomic E-state index is 0.277. The lowest BCUT2D eigenvalue weighted by Crippen LogP contribution is -2.47. The minimum atomic E-state index is -0.290. The van der Waals surface area contributed by atoms with E-state index >= 15 is 0 Å². The summed E-state index contributed by atoms with van der Waals surface area (Å²) in [5, 5.41) is 14.5. The molecule has 0 aromatic carbocycles. The highest BCUT2D eigenvalue weighted by molar-refractivity contribution is 7.99. The van der Waals surface area contributed by atoms with Crippen LogP contribution in [0.2, 0.25) is 0 Å². The molecule has 96 valence electrons. The molecule has 0 bridgehead atoms. The Morgan fingerprint density at radius 1 is 1.65 bits per heavy atom. The molecule has 1 aliphatic rings. The average molecular weight is 255 g/mol. The molecule has 5 heteroatoms. The molecule has 0 saturated carbocycles. The zero-order valence-corrected chi connectivity index (χ0v) is 11.4. The summed E-state index contributed by atoms with van der Waals surface area (Å²) in [6, 6.07) is 0.277. The van der Waals surface area contributed by atoms with E-state index in [9.17, 15) is 5.11 Å². The first-order valence-corrected chi connectivity index (χ1v) is 7.33. The summed E-state index contributed by atoms with van der Waals surface area (Å²) < 4.78 is 1.90. The maximum absolute atomic E-state index is 10.3. The molecule has 4 nitrogen and oxygen atoms in total. The van der Waals surface area contributed by atoms with Crippen molar-refractivity contribution in [2.75, 3.05) is 25.1 Å². The summed E-state index contributed by atoms with van der Waals surface area (Å²) in [5.74, 6) is 2.20. The first-order chi connectivity index (χ1) is 8.20. The number of aromatic nitrogens is 2. The fourth-order valence-electron chi connectivity index (χ4n) is 2.17. The quantitative estimate of drug-likeness (QED) is 0.866. The van der Waals surface area contributed by atoms with Crippen LogP contribution in [0.5, 0.6) is 0 Å². The number of aliphatic hydroxyl groups is 1. The number of nitrogens with zero attached hydrogens (tertiary/aromatic N) is 3. The topological polar surface area (TPSA) is 41.3 Å². The molecule has 2 heterocycles. The van der Waals surface area contributed by atoms with Crippen LogP contribution in [0.4, 0.5) is 0 Å². The van der Waals surface area contributed by atoms with Crippen molar-refractivity contribution in [3.8, 4) is 0 Å². The Kier molecular flexibility index (Phi) is 4.48. The van der Waals surface area contributed by atoms with Gasteiger partial charge in [0.2, 0.25) is 0 Å². The van der Waals surface area contributed by atoms with Crippen LogP contribution in [0.1, 0.15) is 12.5 Å². The number of thioether (sulfide) groups is 1. The van der Waals surface area contributed by atoms with Crippen LogP contribution in [0, 0.1) is 0 Å². The first kappa shape index (κ1) is 12.9. The molecule has 2 rings (SSSR count). The molecule has 1 aromatic rings. The fourth-order valence-corrected chi connectivity index (χ4v) is 3.47. The number of likely N-dealkylation sites (N-methyl/N-ethyl adjacent to an activating group) is 1.